The smallest absolute Gasteiger partial charge is 0.419 e. The van der Waals surface area contributed by atoms with Gasteiger partial charge in [-0.2, -0.15) is 13.2 Å². The van der Waals surface area contributed by atoms with Gasteiger partial charge in [0.15, 0.2) is 6.10 Å². The van der Waals surface area contributed by atoms with Gasteiger partial charge in [0.25, 0.3) is 0 Å². The first-order valence-electron chi connectivity index (χ1n) is 6.57. The molecule has 0 spiro atoms. The van der Waals surface area contributed by atoms with E-state index >= 15 is 0 Å². The number of hydrogen-bond donors (Lipinski definition) is 0. The molecule has 1 aliphatic heterocycles. The van der Waals surface area contributed by atoms with Crippen LogP contribution < -0.4 is 9.47 Å². The number of esters is 1. The first-order chi connectivity index (χ1) is 10.4. The molecule has 2 aromatic rings. The van der Waals surface area contributed by atoms with Crippen LogP contribution in [-0.4, -0.2) is 12.1 Å². The molecule has 22 heavy (non-hydrogen) atoms. The summed E-state index contributed by atoms with van der Waals surface area (Å²) in [6.45, 7) is 0. The summed E-state index contributed by atoms with van der Waals surface area (Å²) in [5.74, 6) is -0.805. The summed E-state index contributed by atoms with van der Waals surface area (Å²) in [6, 6.07) is 11.7. The third-order valence-corrected chi connectivity index (χ3v) is 3.31. The summed E-state index contributed by atoms with van der Waals surface area (Å²) in [5.41, 5.74) is -0.160. The van der Waals surface area contributed by atoms with Gasteiger partial charge in [0, 0.05) is 6.42 Å². The van der Waals surface area contributed by atoms with Crippen molar-refractivity contribution >= 4 is 5.97 Å². The number of carbonyl (C=O) groups excluding carboxylic acids is 1. The van der Waals surface area contributed by atoms with Crippen LogP contribution in [0.3, 0.4) is 0 Å². The summed E-state index contributed by atoms with van der Waals surface area (Å²) in [7, 11) is 0. The lowest BCUT2D eigenvalue weighted by Gasteiger charge is -2.14. The van der Waals surface area contributed by atoms with Gasteiger partial charge in [-0.1, -0.05) is 30.3 Å². The molecule has 0 N–H and O–H groups in total. The molecule has 0 radical (unpaired) electrons. The van der Waals surface area contributed by atoms with Gasteiger partial charge < -0.3 is 9.47 Å². The number of rotatable bonds is 2. The summed E-state index contributed by atoms with van der Waals surface area (Å²) < 4.78 is 48.9. The fourth-order valence-electron chi connectivity index (χ4n) is 2.28. The minimum absolute atomic E-state index is 0.281. The van der Waals surface area contributed by atoms with Crippen molar-refractivity contribution in [1.29, 1.82) is 0 Å². The van der Waals surface area contributed by atoms with Crippen LogP contribution in [0.5, 0.6) is 11.5 Å². The summed E-state index contributed by atoms with van der Waals surface area (Å²) >= 11 is 0. The predicted octanol–water partition coefficient (Wildman–Crippen LogP) is 3.61. The fourth-order valence-corrected chi connectivity index (χ4v) is 2.28. The van der Waals surface area contributed by atoms with Crippen LogP contribution in [-0.2, 0) is 17.4 Å². The Labute approximate surface area is 124 Å². The molecule has 0 saturated heterocycles. The maximum Gasteiger partial charge on any atom is 0.419 e. The molecule has 6 heteroatoms. The van der Waals surface area contributed by atoms with Crippen molar-refractivity contribution in [3.8, 4) is 11.5 Å². The zero-order chi connectivity index (χ0) is 15.7. The van der Waals surface area contributed by atoms with E-state index in [9.17, 15) is 18.0 Å². The Kier molecular flexibility index (Phi) is 3.52. The molecule has 0 aliphatic carbocycles. The Morgan fingerprint density at radius 2 is 1.77 bits per heavy atom. The highest BCUT2D eigenvalue weighted by atomic mass is 19.4. The molecule has 0 bridgehead atoms. The van der Waals surface area contributed by atoms with Crippen molar-refractivity contribution in [3.05, 3.63) is 59.7 Å². The van der Waals surface area contributed by atoms with Gasteiger partial charge in [0.05, 0.1) is 5.56 Å². The molecule has 1 heterocycles. The predicted molar refractivity (Wildman–Crippen MR) is 71.6 cm³/mol. The second-order valence-electron chi connectivity index (χ2n) is 4.83. The molecule has 1 aliphatic rings. The molecule has 0 fully saturated rings. The largest absolute Gasteiger partial charge is 0.478 e. The molecule has 1 atom stereocenters. The average molecular weight is 308 g/mol. The van der Waals surface area contributed by atoms with Crippen LogP contribution >= 0.6 is 0 Å². The molecule has 0 aromatic heterocycles. The van der Waals surface area contributed by atoms with E-state index in [0.29, 0.717) is 5.75 Å². The van der Waals surface area contributed by atoms with Gasteiger partial charge >= 0.3 is 12.1 Å². The van der Waals surface area contributed by atoms with Gasteiger partial charge in [0.2, 0.25) is 0 Å². The van der Waals surface area contributed by atoms with Crippen molar-refractivity contribution in [3.63, 3.8) is 0 Å². The minimum atomic E-state index is -4.59. The maximum atomic E-state index is 12.9. The van der Waals surface area contributed by atoms with E-state index in [0.717, 1.165) is 17.7 Å². The van der Waals surface area contributed by atoms with Gasteiger partial charge in [-0.15, -0.1) is 0 Å². The molecule has 3 rings (SSSR count). The molecular weight excluding hydrogens is 297 g/mol. The van der Waals surface area contributed by atoms with Crippen LogP contribution in [0.15, 0.2) is 48.5 Å². The first kappa shape index (κ1) is 14.4. The lowest BCUT2D eigenvalue weighted by Crippen LogP contribution is -2.30. The lowest BCUT2D eigenvalue weighted by molar-refractivity contribution is -0.146. The Morgan fingerprint density at radius 1 is 1.09 bits per heavy atom. The highest BCUT2D eigenvalue weighted by Crippen LogP contribution is 2.36. The third-order valence-electron chi connectivity index (χ3n) is 3.31. The Morgan fingerprint density at radius 3 is 2.50 bits per heavy atom. The number of benzene rings is 2. The molecule has 1 unspecified atom stereocenters. The van der Waals surface area contributed by atoms with E-state index in [2.05, 4.69) is 0 Å². The monoisotopic (exact) mass is 308 g/mol. The summed E-state index contributed by atoms with van der Waals surface area (Å²) in [6.07, 6.45) is -5.24. The minimum Gasteiger partial charge on any atom is -0.478 e. The van der Waals surface area contributed by atoms with Crippen LogP contribution in [0.2, 0.25) is 0 Å². The highest BCUT2D eigenvalue weighted by molar-refractivity contribution is 5.79. The van der Waals surface area contributed by atoms with E-state index < -0.39 is 29.6 Å². The SMILES string of the molecule is O=C(Oc1ccccc1C(F)(F)F)C1Cc2ccccc2O1. The first-order valence-corrected chi connectivity index (χ1v) is 6.57. The zero-order valence-electron chi connectivity index (χ0n) is 11.3. The average Bonchev–Trinajstić information content (AvgIpc) is 2.90. The van der Waals surface area contributed by atoms with Crippen LogP contribution in [0.1, 0.15) is 11.1 Å². The van der Waals surface area contributed by atoms with Gasteiger partial charge in [-0.05, 0) is 23.8 Å². The van der Waals surface area contributed by atoms with Crippen molar-refractivity contribution in [2.24, 2.45) is 0 Å². The number of hydrogen-bond acceptors (Lipinski definition) is 3. The zero-order valence-corrected chi connectivity index (χ0v) is 11.3. The van der Waals surface area contributed by atoms with Crippen molar-refractivity contribution in [2.45, 2.75) is 18.7 Å². The Bertz CT molecular complexity index is 685. The van der Waals surface area contributed by atoms with Crippen molar-refractivity contribution in [1.82, 2.24) is 0 Å². The lowest BCUT2D eigenvalue weighted by atomic mass is 10.1. The second kappa shape index (κ2) is 5.36. The van der Waals surface area contributed by atoms with Crippen molar-refractivity contribution in [2.75, 3.05) is 0 Å². The standard InChI is InChI=1S/C16H11F3O3/c17-16(18,19)11-6-2-4-8-13(11)22-15(20)14-9-10-5-1-3-7-12(10)21-14/h1-8,14H,9H2. The third kappa shape index (κ3) is 2.77. The normalized spacial score (nSPS) is 16.8. The number of fused-ring (bicyclic) bond motifs is 1. The number of para-hydroxylation sites is 2. The van der Waals surface area contributed by atoms with Crippen molar-refractivity contribution < 1.29 is 27.4 Å². The van der Waals surface area contributed by atoms with E-state index in [1.807, 2.05) is 0 Å². The Balaban J connectivity index is 1.77. The van der Waals surface area contributed by atoms with Gasteiger partial charge in [0.1, 0.15) is 11.5 Å². The Hall–Kier alpha value is -2.50. The maximum absolute atomic E-state index is 12.9. The topological polar surface area (TPSA) is 35.5 Å². The molecular formula is C16H11F3O3. The van der Waals surface area contributed by atoms with E-state index in [1.54, 1.807) is 24.3 Å². The number of alkyl halides is 3. The van der Waals surface area contributed by atoms with Gasteiger partial charge in [-0.3, -0.25) is 0 Å². The second-order valence-corrected chi connectivity index (χ2v) is 4.83. The number of carbonyl (C=O) groups is 1. The fraction of sp³-hybridized carbons (Fsp3) is 0.188. The quantitative estimate of drug-likeness (QED) is 0.628. The van der Waals surface area contributed by atoms with E-state index in [1.165, 1.54) is 12.1 Å². The highest BCUT2D eigenvalue weighted by Gasteiger charge is 2.36. The molecule has 0 saturated carbocycles. The van der Waals surface area contributed by atoms with Gasteiger partial charge in [-0.25, -0.2) is 4.79 Å². The van der Waals surface area contributed by atoms with E-state index in [-0.39, 0.29) is 6.42 Å². The molecule has 2 aromatic carbocycles. The molecule has 3 nitrogen and oxygen atoms in total. The summed E-state index contributed by atoms with van der Waals surface area (Å²) in [4.78, 5) is 12.0. The van der Waals surface area contributed by atoms with Crippen LogP contribution in [0.4, 0.5) is 13.2 Å². The van der Waals surface area contributed by atoms with Crippen LogP contribution in [0, 0.1) is 0 Å². The van der Waals surface area contributed by atoms with Crippen LogP contribution in [0.25, 0.3) is 0 Å². The number of ether oxygens (including phenoxy) is 2. The molecule has 0 amide bonds. The summed E-state index contributed by atoms with van der Waals surface area (Å²) in [5, 5.41) is 0. The molecule has 114 valence electrons. The number of halogens is 3. The van der Waals surface area contributed by atoms with E-state index in [4.69, 9.17) is 9.47 Å².